The van der Waals surface area contributed by atoms with Crippen LogP contribution in [-0.2, 0) is 11.3 Å². The van der Waals surface area contributed by atoms with Crippen LogP contribution in [0.15, 0.2) is 18.2 Å². The molecule has 4 nitrogen and oxygen atoms in total. The van der Waals surface area contributed by atoms with Crippen molar-refractivity contribution >= 4 is 11.7 Å². The monoisotopic (exact) mass is 265 g/mol. The fraction of sp³-hybridized carbons (Fsp3) is 0.533. The number of aromatic carboxylic acids is 1. The second kappa shape index (κ2) is 8.53. The van der Waals surface area contributed by atoms with E-state index in [0.29, 0.717) is 18.8 Å². The molecule has 0 saturated heterocycles. The molecule has 0 aliphatic rings. The lowest BCUT2D eigenvalue weighted by Gasteiger charge is -2.09. The van der Waals surface area contributed by atoms with Gasteiger partial charge in [0.25, 0.3) is 0 Å². The van der Waals surface area contributed by atoms with Gasteiger partial charge in [-0.3, -0.25) is 0 Å². The van der Waals surface area contributed by atoms with E-state index in [4.69, 9.17) is 15.6 Å². The van der Waals surface area contributed by atoms with Gasteiger partial charge in [0.05, 0.1) is 12.2 Å². The standard InChI is InChI=1S/C15H23NO3/c1-2-3-4-5-6-10-19-11-12-8-7-9-13(16)14(12)15(17)18/h7-9H,2-6,10-11,16H2,1H3,(H,17,18). The number of rotatable bonds is 9. The molecule has 0 aliphatic heterocycles. The maximum Gasteiger partial charge on any atom is 0.338 e. The highest BCUT2D eigenvalue weighted by atomic mass is 16.5. The van der Waals surface area contributed by atoms with Crippen LogP contribution in [0.25, 0.3) is 0 Å². The molecule has 106 valence electrons. The molecule has 0 saturated carbocycles. The molecule has 0 atom stereocenters. The Labute approximate surface area is 114 Å². The molecule has 0 fully saturated rings. The Morgan fingerprint density at radius 3 is 2.68 bits per heavy atom. The summed E-state index contributed by atoms with van der Waals surface area (Å²) in [5.41, 5.74) is 6.76. The zero-order chi connectivity index (χ0) is 14.1. The van der Waals surface area contributed by atoms with Gasteiger partial charge in [0.15, 0.2) is 0 Å². The first-order chi connectivity index (χ1) is 9.16. The van der Waals surface area contributed by atoms with Gasteiger partial charge in [-0.05, 0) is 18.1 Å². The van der Waals surface area contributed by atoms with Crippen molar-refractivity contribution in [1.82, 2.24) is 0 Å². The first-order valence-electron chi connectivity index (χ1n) is 6.85. The number of unbranched alkanes of at least 4 members (excludes halogenated alkanes) is 4. The van der Waals surface area contributed by atoms with E-state index in [1.807, 2.05) is 0 Å². The minimum absolute atomic E-state index is 0.161. The number of carboxylic acid groups (broad SMARTS) is 1. The third-order valence-corrected chi connectivity index (χ3v) is 3.05. The highest BCUT2D eigenvalue weighted by molar-refractivity contribution is 5.95. The number of hydrogen-bond donors (Lipinski definition) is 2. The lowest BCUT2D eigenvalue weighted by Crippen LogP contribution is -2.08. The molecule has 0 bridgehead atoms. The third kappa shape index (κ3) is 5.30. The predicted octanol–water partition coefficient (Wildman–Crippen LogP) is 3.45. The average molecular weight is 265 g/mol. The van der Waals surface area contributed by atoms with Crippen molar-refractivity contribution in [3.8, 4) is 0 Å². The van der Waals surface area contributed by atoms with E-state index in [0.717, 1.165) is 12.8 Å². The Morgan fingerprint density at radius 1 is 1.26 bits per heavy atom. The number of nitrogen functional groups attached to an aromatic ring is 1. The molecular weight excluding hydrogens is 242 g/mol. The van der Waals surface area contributed by atoms with Crippen LogP contribution in [0, 0.1) is 0 Å². The highest BCUT2D eigenvalue weighted by Crippen LogP contribution is 2.18. The molecule has 0 amide bonds. The Balaban J connectivity index is 2.37. The molecule has 1 aromatic carbocycles. The average Bonchev–Trinajstić information content (AvgIpc) is 2.37. The number of nitrogens with two attached hydrogens (primary N) is 1. The lowest BCUT2D eigenvalue weighted by atomic mass is 10.1. The van der Waals surface area contributed by atoms with E-state index in [1.54, 1.807) is 18.2 Å². The smallest absolute Gasteiger partial charge is 0.338 e. The van der Waals surface area contributed by atoms with Crippen molar-refractivity contribution in [3.63, 3.8) is 0 Å². The molecule has 1 rings (SSSR count). The van der Waals surface area contributed by atoms with Crippen LogP contribution in [0.1, 0.15) is 54.9 Å². The van der Waals surface area contributed by atoms with Crippen LogP contribution in [0.4, 0.5) is 5.69 Å². The first kappa shape index (κ1) is 15.5. The van der Waals surface area contributed by atoms with Crippen molar-refractivity contribution in [2.75, 3.05) is 12.3 Å². The van der Waals surface area contributed by atoms with Crippen molar-refractivity contribution < 1.29 is 14.6 Å². The summed E-state index contributed by atoms with van der Waals surface area (Å²) in [4.78, 5) is 11.1. The predicted molar refractivity (Wildman–Crippen MR) is 76.2 cm³/mol. The second-order valence-electron chi connectivity index (χ2n) is 4.65. The summed E-state index contributed by atoms with van der Waals surface area (Å²) in [6, 6.07) is 5.09. The Bertz CT molecular complexity index is 404. The molecule has 0 radical (unpaired) electrons. The lowest BCUT2D eigenvalue weighted by molar-refractivity contribution is 0.0688. The van der Waals surface area contributed by atoms with Gasteiger partial charge in [0, 0.05) is 12.3 Å². The van der Waals surface area contributed by atoms with E-state index in [2.05, 4.69) is 6.92 Å². The highest BCUT2D eigenvalue weighted by Gasteiger charge is 2.13. The van der Waals surface area contributed by atoms with Gasteiger partial charge in [-0.25, -0.2) is 4.79 Å². The molecule has 1 aromatic rings. The number of anilines is 1. The van der Waals surface area contributed by atoms with Gasteiger partial charge in [-0.2, -0.15) is 0 Å². The zero-order valence-electron chi connectivity index (χ0n) is 11.5. The van der Waals surface area contributed by atoms with Gasteiger partial charge in [-0.1, -0.05) is 44.7 Å². The first-order valence-corrected chi connectivity index (χ1v) is 6.85. The molecule has 0 unspecified atom stereocenters. The topological polar surface area (TPSA) is 72.5 Å². The number of carboxylic acids is 1. The van der Waals surface area contributed by atoms with Crippen molar-refractivity contribution in [2.24, 2.45) is 0 Å². The molecule has 4 heteroatoms. The number of carbonyl (C=O) groups is 1. The van der Waals surface area contributed by atoms with Crippen LogP contribution in [0.5, 0.6) is 0 Å². The van der Waals surface area contributed by atoms with Gasteiger partial charge in [0.1, 0.15) is 0 Å². The Hall–Kier alpha value is -1.55. The van der Waals surface area contributed by atoms with Crippen LogP contribution < -0.4 is 5.73 Å². The van der Waals surface area contributed by atoms with E-state index >= 15 is 0 Å². The normalized spacial score (nSPS) is 10.6. The third-order valence-electron chi connectivity index (χ3n) is 3.05. The molecule has 0 aromatic heterocycles. The van der Waals surface area contributed by atoms with Crippen LogP contribution >= 0.6 is 0 Å². The van der Waals surface area contributed by atoms with Crippen molar-refractivity contribution in [2.45, 2.75) is 45.6 Å². The molecule has 0 heterocycles. The summed E-state index contributed by atoms with van der Waals surface area (Å²) in [7, 11) is 0. The number of benzene rings is 1. The maximum absolute atomic E-state index is 11.1. The molecule has 19 heavy (non-hydrogen) atoms. The van der Waals surface area contributed by atoms with Crippen LogP contribution in [0.3, 0.4) is 0 Å². The molecule has 0 aliphatic carbocycles. The fourth-order valence-electron chi connectivity index (χ4n) is 1.99. The molecule has 0 spiro atoms. The van der Waals surface area contributed by atoms with Crippen LogP contribution in [0.2, 0.25) is 0 Å². The minimum atomic E-state index is -1.00. The largest absolute Gasteiger partial charge is 0.478 e. The molecule has 3 N–H and O–H groups in total. The second-order valence-corrected chi connectivity index (χ2v) is 4.65. The summed E-state index contributed by atoms with van der Waals surface area (Å²) in [5.74, 6) is -1.00. The van der Waals surface area contributed by atoms with E-state index in [1.165, 1.54) is 19.3 Å². The molecular formula is C15H23NO3. The summed E-state index contributed by atoms with van der Waals surface area (Å²) < 4.78 is 5.53. The van der Waals surface area contributed by atoms with Gasteiger partial charge in [0.2, 0.25) is 0 Å². The summed E-state index contributed by atoms with van der Waals surface area (Å²) in [6.07, 6.45) is 5.91. The SMILES string of the molecule is CCCCCCCOCc1cccc(N)c1C(=O)O. The fourth-order valence-corrected chi connectivity index (χ4v) is 1.99. The van der Waals surface area contributed by atoms with Gasteiger partial charge in [-0.15, -0.1) is 0 Å². The Morgan fingerprint density at radius 2 is 2.00 bits per heavy atom. The van der Waals surface area contributed by atoms with Gasteiger partial charge >= 0.3 is 5.97 Å². The zero-order valence-corrected chi connectivity index (χ0v) is 11.5. The van der Waals surface area contributed by atoms with Crippen molar-refractivity contribution in [1.29, 1.82) is 0 Å². The number of ether oxygens (including phenoxy) is 1. The Kier molecular flexibility index (Phi) is 6.97. The summed E-state index contributed by atoms with van der Waals surface area (Å²) in [6.45, 7) is 3.15. The van der Waals surface area contributed by atoms with Crippen LogP contribution in [-0.4, -0.2) is 17.7 Å². The quantitative estimate of drug-likeness (QED) is 0.530. The number of hydrogen-bond acceptors (Lipinski definition) is 3. The summed E-state index contributed by atoms with van der Waals surface area (Å²) >= 11 is 0. The van der Waals surface area contributed by atoms with Gasteiger partial charge < -0.3 is 15.6 Å². The minimum Gasteiger partial charge on any atom is -0.478 e. The summed E-state index contributed by atoms with van der Waals surface area (Å²) in [5, 5.41) is 9.11. The van der Waals surface area contributed by atoms with E-state index in [-0.39, 0.29) is 11.3 Å². The maximum atomic E-state index is 11.1. The van der Waals surface area contributed by atoms with E-state index < -0.39 is 5.97 Å². The van der Waals surface area contributed by atoms with Crippen molar-refractivity contribution in [3.05, 3.63) is 29.3 Å². The van der Waals surface area contributed by atoms with E-state index in [9.17, 15) is 4.79 Å².